The molecule has 7 nitrogen and oxygen atoms in total. The molecule has 1 amide bonds. The molecule has 0 radical (unpaired) electrons. The van der Waals surface area contributed by atoms with E-state index < -0.39 is 5.60 Å². The minimum Gasteiger partial charge on any atom is -0.444 e. The normalized spacial score (nSPS) is 19.8. The molecule has 0 spiro atoms. The highest BCUT2D eigenvalue weighted by atomic mass is 79.9. The maximum absolute atomic E-state index is 11.9. The fraction of sp³-hybridized carbons (Fsp3) is 0.750. The Morgan fingerprint density at radius 1 is 1.25 bits per heavy atom. The molecule has 0 atom stereocenters. The van der Waals surface area contributed by atoms with Gasteiger partial charge in [0.25, 0.3) is 0 Å². The van der Waals surface area contributed by atoms with Crippen LogP contribution in [0.2, 0.25) is 0 Å². The summed E-state index contributed by atoms with van der Waals surface area (Å²) in [6, 6.07) is 0.200. The molecule has 0 bridgehead atoms. The lowest BCUT2D eigenvalue weighted by molar-refractivity contribution is 0.0488. The largest absolute Gasteiger partial charge is 0.444 e. The molecule has 3 N–H and O–H groups in total. The standard InChI is InChI=1S/C20H34BrN5O2/c1-5-6-11-22-18-24-13-16(21)17(26-18)23-12-14-7-9-15(10-8-14)25-19(27)28-20(2,3)4/h13-15H,5-12H2,1-4H3,(H,25,27)(H2,22,23,24,26). The van der Waals surface area contributed by atoms with Crippen LogP contribution >= 0.6 is 15.9 Å². The summed E-state index contributed by atoms with van der Waals surface area (Å²) in [6.45, 7) is 9.55. The fourth-order valence-electron chi connectivity index (χ4n) is 3.18. The predicted molar refractivity (Wildman–Crippen MR) is 117 cm³/mol. The Balaban J connectivity index is 1.75. The van der Waals surface area contributed by atoms with E-state index in [0.717, 1.165) is 61.9 Å². The molecule has 2 rings (SSSR count). The molecular formula is C20H34BrN5O2. The number of aromatic nitrogens is 2. The Kier molecular flexibility index (Phi) is 8.79. The van der Waals surface area contributed by atoms with Crippen LogP contribution in [0.1, 0.15) is 66.2 Å². The van der Waals surface area contributed by atoms with E-state index in [1.807, 2.05) is 20.8 Å². The summed E-state index contributed by atoms with van der Waals surface area (Å²) in [4.78, 5) is 20.8. The smallest absolute Gasteiger partial charge is 0.407 e. The van der Waals surface area contributed by atoms with Crippen LogP contribution in [0, 0.1) is 5.92 Å². The summed E-state index contributed by atoms with van der Waals surface area (Å²) < 4.78 is 6.21. The first-order valence-corrected chi connectivity index (χ1v) is 11.1. The molecule has 158 valence electrons. The predicted octanol–water partition coefficient (Wildman–Crippen LogP) is 4.95. The van der Waals surface area contributed by atoms with Crippen LogP contribution in [0.15, 0.2) is 10.7 Å². The molecule has 0 unspecified atom stereocenters. The number of rotatable bonds is 8. The minimum atomic E-state index is -0.458. The van der Waals surface area contributed by atoms with Crippen molar-refractivity contribution in [3.05, 3.63) is 10.7 Å². The number of amides is 1. The highest BCUT2D eigenvalue weighted by Crippen LogP contribution is 2.26. The van der Waals surface area contributed by atoms with Crippen LogP contribution in [-0.2, 0) is 4.74 Å². The second kappa shape index (κ2) is 10.8. The lowest BCUT2D eigenvalue weighted by atomic mass is 9.86. The molecule has 0 saturated heterocycles. The summed E-state index contributed by atoms with van der Waals surface area (Å²) in [6.07, 6.45) is 7.78. The molecule has 1 aliphatic rings. The molecule has 1 saturated carbocycles. The molecule has 0 aliphatic heterocycles. The van der Waals surface area contributed by atoms with Gasteiger partial charge in [-0.25, -0.2) is 9.78 Å². The van der Waals surface area contributed by atoms with Gasteiger partial charge >= 0.3 is 6.09 Å². The summed E-state index contributed by atoms with van der Waals surface area (Å²) in [5.41, 5.74) is -0.458. The van der Waals surface area contributed by atoms with Crippen LogP contribution in [0.5, 0.6) is 0 Å². The van der Waals surface area contributed by atoms with Crippen molar-refractivity contribution in [3.8, 4) is 0 Å². The van der Waals surface area contributed by atoms with E-state index in [0.29, 0.717) is 11.9 Å². The number of anilines is 2. The van der Waals surface area contributed by atoms with E-state index in [1.165, 1.54) is 0 Å². The van der Waals surface area contributed by atoms with Crippen molar-refractivity contribution >= 4 is 33.8 Å². The topological polar surface area (TPSA) is 88.2 Å². The molecule has 1 aliphatic carbocycles. The Hall–Kier alpha value is -1.57. The molecule has 8 heteroatoms. The SMILES string of the molecule is CCCCNc1ncc(Br)c(NCC2CCC(NC(=O)OC(C)(C)C)CC2)n1. The van der Waals surface area contributed by atoms with E-state index in [9.17, 15) is 4.79 Å². The first kappa shape index (κ1) is 22.7. The maximum atomic E-state index is 11.9. The molecule has 1 aromatic rings. The quantitative estimate of drug-likeness (QED) is 0.480. The van der Waals surface area contributed by atoms with Gasteiger partial charge in [-0.1, -0.05) is 13.3 Å². The van der Waals surface area contributed by atoms with Gasteiger partial charge in [0, 0.05) is 25.3 Å². The van der Waals surface area contributed by atoms with Crippen molar-refractivity contribution in [2.45, 2.75) is 77.9 Å². The number of halogens is 1. The van der Waals surface area contributed by atoms with Gasteiger partial charge in [-0.05, 0) is 74.7 Å². The maximum Gasteiger partial charge on any atom is 0.407 e. The second-order valence-corrected chi connectivity index (χ2v) is 9.27. The number of hydrogen-bond donors (Lipinski definition) is 3. The Labute approximate surface area is 176 Å². The number of hydrogen-bond acceptors (Lipinski definition) is 6. The van der Waals surface area contributed by atoms with Crippen molar-refractivity contribution in [2.24, 2.45) is 5.92 Å². The Bertz CT molecular complexity index is 628. The molecule has 0 aromatic carbocycles. The van der Waals surface area contributed by atoms with Crippen LogP contribution in [0.3, 0.4) is 0 Å². The number of unbranched alkanes of at least 4 members (excludes halogenated alkanes) is 1. The van der Waals surface area contributed by atoms with Crippen molar-refractivity contribution in [3.63, 3.8) is 0 Å². The molecule has 1 heterocycles. The average molecular weight is 456 g/mol. The Morgan fingerprint density at radius 2 is 1.96 bits per heavy atom. The average Bonchev–Trinajstić information content (AvgIpc) is 2.62. The second-order valence-electron chi connectivity index (χ2n) is 8.42. The van der Waals surface area contributed by atoms with Crippen molar-refractivity contribution in [1.29, 1.82) is 0 Å². The highest BCUT2D eigenvalue weighted by Gasteiger charge is 2.24. The first-order valence-electron chi connectivity index (χ1n) is 10.3. The van der Waals surface area contributed by atoms with Crippen LogP contribution in [0.4, 0.5) is 16.6 Å². The van der Waals surface area contributed by atoms with Gasteiger partial charge in [0.2, 0.25) is 5.95 Å². The zero-order chi connectivity index (χ0) is 20.6. The van der Waals surface area contributed by atoms with Gasteiger partial charge < -0.3 is 20.7 Å². The summed E-state index contributed by atoms with van der Waals surface area (Å²) in [5.74, 6) is 2.04. The van der Waals surface area contributed by atoms with Gasteiger partial charge in [-0.2, -0.15) is 4.98 Å². The van der Waals surface area contributed by atoms with Gasteiger partial charge in [0.1, 0.15) is 11.4 Å². The third kappa shape index (κ3) is 8.20. The molecule has 1 aromatic heterocycles. The van der Waals surface area contributed by atoms with E-state index in [1.54, 1.807) is 6.20 Å². The van der Waals surface area contributed by atoms with Gasteiger partial charge in [-0.3, -0.25) is 0 Å². The minimum absolute atomic E-state index is 0.200. The summed E-state index contributed by atoms with van der Waals surface area (Å²) >= 11 is 3.52. The zero-order valence-electron chi connectivity index (χ0n) is 17.5. The lowest BCUT2D eigenvalue weighted by Gasteiger charge is -2.30. The summed E-state index contributed by atoms with van der Waals surface area (Å²) in [7, 11) is 0. The summed E-state index contributed by atoms with van der Waals surface area (Å²) in [5, 5.41) is 9.70. The van der Waals surface area contributed by atoms with Crippen molar-refractivity contribution < 1.29 is 9.53 Å². The number of ether oxygens (including phenoxy) is 1. The van der Waals surface area contributed by atoms with Gasteiger partial charge in [-0.15, -0.1) is 0 Å². The van der Waals surface area contributed by atoms with E-state index in [2.05, 4.69) is 48.8 Å². The van der Waals surface area contributed by atoms with Crippen LogP contribution < -0.4 is 16.0 Å². The first-order chi connectivity index (χ1) is 13.3. The Morgan fingerprint density at radius 3 is 2.61 bits per heavy atom. The van der Waals surface area contributed by atoms with Gasteiger partial charge in [0.05, 0.1) is 4.47 Å². The van der Waals surface area contributed by atoms with E-state index in [-0.39, 0.29) is 12.1 Å². The highest BCUT2D eigenvalue weighted by molar-refractivity contribution is 9.10. The van der Waals surface area contributed by atoms with Crippen molar-refractivity contribution in [2.75, 3.05) is 23.7 Å². The zero-order valence-corrected chi connectivity index (χ0v) is 19.1. The van der Waals surface area contributed by atoms with Crippen molar-refractivity contribution in [1.82, 2.24) is 15.3 Å². The molecule has 1 fully saturated rings. The third-order valence-corrected chi connectivity index (χ3v) is 5.26. The molecule has 28 heavy (non-hydrogen) atoms. The van der Waals surface area contributed by atoms with Gasteiger partial charge in [0.15, 0.2) is 0 Å². The van der Waals surface area contributed by atoms with E-state index >= 15 is 0 Å². The number of carbonyl (C=O) groups is 1. The molecular weight excluding hydrogens is 422 g/mol. The third-order valence-electron chi connectivity index (χ3n) is 4.68. The van der Waals surface area contributed by atoms with Crippen LogP contribution in [0.25, 0.3) is 0 Å². The number of nitrogens with zero attached hydrogens (tertiary/aromatic N) is 2. The number of nitrogens with one attached hydrogen (secondary N) is 3. The monoisotopic (exact) mass is 455 g/mol. The number of alkyl carbamates (subject to hydrolysis) is 1. The van der Waals surface area contributed by atoms with E-state index in [4.69, 9.17) is 4.74 Å². The lowest BCUT2D eigenvalue weighted by Crippen LogP contribution is -2.41. The number of carbonyl (C=O) groups excluding carboxylic acids is 1. The van der Waals surface area contributed by atoms with Crippen LogP contribution in [-0.4, -0.2) is 40.8 Å². The fourth-order valence-corrected chi connectivity index (χ4v) is 3.51.